The van der Waals surface area contributed by atoms with Crippen LogP contribution in [0.15, 0.2) is 4.21 Å². The fourth-order valence-electron chi connectivity index (χ4n) is 2.62. The van der Waals surface area contributed by atoms with Crippen LogP contribution in [-0.4, -0.2) is 45.3 Å². The first-order chi connectivity index (χ1) is 9.99. The molecule has 7 nitrogen and oxygen atoms in total. The molecule has 1 fully saturated rings. The Morgan fingerprint density at radius 2 is 2.29 bits per heavy atom. The number of ether oxygens (including phenoxy) is 1. The predicted molar refractivity (Wildman–Crippen MR) is 76.2 cm³/mol. The lowest BCUT2D eigenvalue weighted by atomic mass is 10.1. The molecule has 1 aromatic rings. The van der Waals surface area contributed by atoms with Gasteiger partial charge < -0.3 is 15.2 Å². The minimum Gasteiger partial charge on any atom is -0.478 e. The molecule has 3 N–H and O–H groups in total. The zero-order chi connectivity index (χ0) is 15.0. The summed E-state index contributed by atoms with van der Waals surface area (Å²) >= 11 is 1.05. The highest BCUT2D eigenvalue weighted by atomic mass is 32.2. The number of carboxylic acid groups (broad SMARTS) is 1. The van der Waals surface area contributed by atoms with Gasteiger partial charge in [-0.1, -0.05) is 0 Å². The average Bonchev–Trinajstić information content (AvgIpc) is 3.04. The van der Waals surface area contributed by atoms with Gasteiger partial charge in [0.1, 0.15) is 4.21 Å². The van der Waals surface area contributed by atoms with E-state index in [1.807, 2.05) is 0 Å². The van der Waals surface area contributed by atoms with Crippen molar-refractivity contribution in [3.63, 3.8) is 0 Å². The molecule has 0 bridgehead atoms. The molecule has 1 atom stereocenters. The topological polar surface area (TPSA) is 105 Å². The molecular weight excluding hydrogens is 316 g/mol. The van der Waals surface area contributed by atoms with Crippen LogP contribution >= 0.6 is 11.3 Å². The number of nitrogens with one attached hydrogen (secondary N) is 2. The monoisotopic (exact) mass is 332 g/mol. The second kappa shape index (κ2) is 5.65. The van der Waals surface area contributed by atoms with Crippen molar-refractivity contribution in [3.8, 4) is 0 Å². The van der Waals surface area contributed by atoms with E-state index in [1.54, 1.807) is 0 Å². The van der Waals surface area contributed by atoms with Crippen molar-refractivity contribution in [1.29, 1.82) is 0 Å². The maximum Gasteiger partial charge on any atom is 0.338 e. The molecule has 1 saturated heterocycles. The molecule has 0 amide bonds. The third-order valence-electron chi connectivity index (χ3n) is 3.61. The predicted octanol–water partition coefficient (Wildman–Crippen LogP) is 0.159. The van der Waals surface area contributed by atoms with Crippen molar-refractivity contribution in [2.24, 2.45) is 0 Å². The Balaban J connectivity index is 2.00. The molecule has 0 unspecified atom stereocenters. The SMILES string of the molecule is O=C(O)c1c(S(=O)(=O)N[C@H]2CCOC2)sc2c1CCNC2. The number of sulfonamides is 1. The Morgan fingerprint density at radius 3 is 2.95 bits per heavy atom. The molecule has 2 aliphatic heterocycles. The van der Waals surface area contributed by atoms with Gasteiger partial charge in [-0.2, -0.15) is 0 Å². The Bertz CT molecular complexity index is 661. The molecule has 9 heteroatoms. The third-order valence-corrected chi connectivity index (χ3v) is 6.88. The summed E-state index contributed by atoms with van der Waals surface area (Å²) in [7, 11) is -3.83. The van der Waals surface area contributed by atoms with E-state index in [4.69, 9.17) is 4.74 Å². The highest BCUT2D eigenvalue weighted by Gasteiger charge is 2.33. The largest absolute Gasteiger partial charge is 0.478 e. The molecule has 0 spiro atoms. The summed E-state index contributed by atoms with van der Waals surface area (Å²) in [6, 6.07) is -0.283. The van der Waals surface area contributed by atoms with Crippen molar-refractivity contribution in [1.82, 2.24) is 10.0 Å². The van der Waals surface area contributed by atoms with Crippen LogP contribution in [0.1, 0.15) is 27.2 Å². The third kappa shape index (κ3) is 2.84. The van der Waals surface area contributed by atoms with Crippen molar-refractivity contribution < 1.29 is 23.1 Å². The highest BCUT2D eigenvalue weighted by Crippen LogP contribution is 2.34. The van der Waals surface area contributed by atoms with Gasteiger partial charge in [-0.3, -0.25) is 0 Å². The van der Waals surface area contributed by atoms with Crippen molar-refractivity contribution in [3.05, 3.63) is 16.0 Å². The summed E-state index contributed by atoms with van der Waals surface area (Å²) < 4.78 is 32.6. The van der Waals surface area contributed by atoms with Gasteiger partial charge in [0.25, 0.3) is 10.0 Å². The molecule has 0 radical (unpaired) electrons. The first-order valence-electron chi connectivity index (χ1n) is 6.67. The van der Waals surface area contributed by atoms with Crippen molar-refractivity contribution in [2.45, 2.75) is 29.6 Å². The van der Waals surface area contributed by atoms with E-state index in [0.29, 0.717) is 44.7 Å². The summed E-state index contributed by atoms with van der Waals surface area (Å²) in [4.78, 5) is 12.3. The first kappa shape index (κ1) is 14.9. The van der Waals surface area contributed by atoms with E-state index in [1.165, 1.54) is 0 Å². The van der Waals surface area contributed by atoms with Crippen LogP contribution in [-0.2, 0) is 27.7 Å². The number of hydrogen-bond acceptors (Lipinski definition) is 6. The summed E-state index contributed by atoms with van der Waals surface area (Å²) in [5.41, 5.74) is 0.581. The van der Waals surface area contributed by atoms with Gasteiger partial charge in [0.15, 0.2) is 0 Å². The van der Waals surface area contributed by atoms with E-state index in [0.717, 1.165) is 16.2 Å². The summed E-state index contributed by atoms with van der Waals surface area (Å²) in [5.74, 6) is -1.18. The van der Waals surface area contributed by atoms with E-state index >= 15 is 0 Å². The van der Waals surface area contributed by atoms with E-state index < -0.39 is 16.0 Å². The van der Waals surface area contributed by atoms with Gasteiger partial charge in [0.05, 0.1) is 12.2 Å². The van der Waals surface area contributed by atoms with E-state index in [2.05, 4.69) is 10.0 Å². The molecular formula is C12H16N2O5S2. The number of rotatable bonds is 4. The van der Waals surface area contributed by atoms with Gasteiger partial charge in [-0.05, 0) is 24.9 Å². The Kier molecular flexibility index (Phi) is 4.02. The lowest BCUT2D eigenvalue weighted by Gasteiger charge is -2.13. The number of aromatic carboxylic acids is 1. The molecule has 116 valence electrons. The number of fused-ring (bicyclic) bond motifs is 1. The van der Waals surface area contributed by atoms with Gasteiger partial charge in [0.2, 0.25) is 0 Å². The smallest absolute Gasteiger partial charge is 0.338 e. The quantitative estimate of drug-likeness (QED) is 0.725. The lowest BCUT2D eigenvalue weighted by molar-refractivity contribution is 0.0692. The van der Waals surface area contributed by atoms with Crippen LogP contribution < -0.4 is 10.0 Å². The summed E-state index contributed by atoms with van der Waals surface area (Å²) in [5, 5.41) is 12.5. The zero-order valence-electron chi connectivity index (χ0n) is 11.2. The number of carboxylic acids is 1. The molecule has 2 aliphatic rings. The minimum absolute atomic E-state index is 0.0667. The fraction of sp³-hybridized carbons (Fsp3) is 0.583. The average molecular weight is 332 g/mol. The molecule has 0 aromatic carbocycles. The van der Waals surface area contributed by atoms with Gasteiger partial charge in [-0.15, -0.1) is 11.3 Å². The summed E-state index contributed by atoms with van der Waals surface area (Å²) in [6.45, 7) is 2.02. The second-order valence-corrected chi connectivity index (χ2v) is 8.09. The number of carbonyl (C=O) groups is 1. The van der Waals surface area contributed by atoms with Crippen LogP contribution in [0.4, 0.5) is 0 Å². The minimum atomic E-state index is -3.83. The van der Waals surface area contributed by atoms with Crippen LogP contribution in [0.5, 0.6) is 0 Å². The number of thiophene rings is 1. The molecule has 0 aliphatic carbocycles. The Labute approximate surface area is 126 Å². The van der Waals surface area contributed by atoms with Crippen molar-refractivity contribution >= 4 is 27.3 Å². The number of hydrogen-bond donors (Lipinski definition) is 3. The van der Waals surface area contributed by atoms with Gasteiger partial charge in [0, 0.05) is 24.1 Å². The van der Waals surface area contributed by atoms with Crippen molar-refractivity contribution in [2.75, 3.05) is 19.8 Å². The molecule has 0 saturated carbocycles. The first-order valence-corrected chi connectivity index (χ1v) is 8.97. The van der Waals surface area contributed by atoms with E-state index in [9.17, 15) is 18.3 Å². The highest BCUT2D eigenvalue weighted by molar-refractivity contribution is 7.91. The van der Waals surface area contributed by atoms with Crippen LogP contribution in [0.3, 0.4) is 0 Å². The maximum atomic E-state index is 12.5. The lowest BCUT2D eigenvalue weighted by Crippen LogP contribution is -2.35. The second-order valence-electron chi connectivity index (χ2n) is 5.08. The van der Waals surface area contributed by atoms with E-state index in [-0.39, 0.29) is 15.8 Å². The van der Waals surface area contributed by atoms with Crippen LogP contribution in [0, 0.1) is 0 Å². The van der Waals surface area contributed by atoms with Crippen LogP contribution in [0.2, 0.25) is 0 Å². The molecule has 1 aromatic heterocycles. The summed E-state index contributed by atoms with van der Waals surface area (Å²) in [6.07, 6.45) is 1.14. The molecule has 3 heterocycles. The van der Waals surface area contributed by atoms with Gasteiger partial charge >= 0.3 is 5.97 Å². The molecule has 3 rings (SSSR count). The fourth-order valence-corrected chi connectivity index (χ4v) is 5.75. The van der Waals surface area contributed by atoms with Crippen LogP contribution in [0.25, 0.3) is 0 Å². The Hall–Kier alpha value is -1.00. The Morgan fingerprint density at radius 1 is 1.48 bits per heavy atom. The maximum absolute atomic E-state index is 12.5. The zero-order valence-corrected chi connectivity index (χ0v) is 12.8. The van der Waals surface area contributed by atoms with Gasteiger partial charge in [-0.25, -0.2) is 17.9 Å². The standard InChI is InChI=1S/C12H16N2O5S2/c15-11(16)10-8-1-3-13-5-9(8)20-12(10)21(17,18)14-7-2-4-19-6-7/h7,13-14H,1-6H2,(H,15,16)/t7-/m0/s1. The normalized spacial score (nSPS) is 22.2. The molecule has 21 heavy (non-hydrogen) atoms.